The number of nitrogens with zero attached hydrogens (tertiary/aromatic N) is 1. The van der Waals surface area contributed by atoms with Crippen molar-refractivity contribution in [3.63, 3.8) is 0 Å². The van der Waals surface area contributed by atoms with Crippen LogP contribution >= 0.6 is 7.82 Å². The first kappa shape index (κ1) is 70.2. The molecule has 10 heteroatoms. The van der Waals surface area contributed by atoms with Crippen molar-refractivity contribution in [2.24, 2.45) is 0 Å². The summed E-state index contributed by atoms with van der Waals surface area (Å²) < 4.78 is 34.1. The summed E-state index contributed by atoms with van der Waals surface area (Å²) in [6.07, 6.45) is 72.1. The fraction of sp³-hybridized carbons (Fsp3) is 0.746. The van der Waals surface area contributed by atoms with Crippen molar-refractivity contribution < 1.29 is 42.1 Å². The number of quaternary nitrogens is 1. The van der Waals surface area contributed by atoms with E-state index >= 15 is 0 Å². The number of unbranched alkanes of at least 4 members (excludes halogenated alkanes) is 26. The Kier molecular flexibility index (Phi) is 51.9. The van der Waals surface area contributed by atoms with E-state index in [1.807, 2.05) is 21.1 Å². The molecule has 2 atom stereocenters. The van der Waals surface area contributed by atoms with Gasteiger partial charge in [-0.2, -0.15) is 0 Å². The Morgan fingerprint density at radius 2 is 0.781 bits per heavy atom. The number of carbonyl (C=O) groups is 2. The fourth-order valence-electron chi connectivity index (χ4n) is 8.07. The third kappa shape index (κ3) is 58.3. The Balaban J connectivity index is 4.04. The second-order valence-corrected chi connectivity index (χ2v) is 22.4. The maximum Gasteiger partial charge on any atom is 0.306 e. The van der Waals surface area contributed by atoms with Crippen LogP contribution in [-0.2, 0) is 32.7 Å². The van der Waals surface area contributed by atoms with Gasteiger partial charge in [0.05, 0.1) is 27.7 Å². The molecule has 0 aliphatic rings. The molecule has 0 rings (SSSR count). The first-order chi connectivity index (χ1) is 35.5. The molecule has 0 aliphatic carbocycles. The number of carbonyl (C=O) groups excluding carboxylic acids is 2. The summed E-state index contributed by atoms with van der Waals surface area (Å²) in [4.78, 5) is 37.8. The van der Waals surface area contributed by atoms with Crippen molar-refractivity contribution in [1.82, 2.24) is 0 Å². The highest BCUT2D eigenvalue weighted by Crippen LogP contribution is 2.38. The Bertz CT molecular complexity index is 1510. The van der Waals surface area contributed by atoms with Crippen LogP contribution in [0.1, 0.15) is 251 Å². The summed E-state index contributed by atoms with van der Waals surface area (Å²) in [5.74, 6) is -0.840. The highest BCUT2D eigenvalue weighted by atomic mass is 31.2. The number of allylic oxidation sites excluding steroid dienone is 14. The van der Waals surface area contributed by atoms with Gasteiger partial charge in [0.2, 0.25) is 0 Å². The molecule has 0 aromatic heterocycles. The Hall–Kier alpha value is -2.81. The first-order valence-corrected chi connectivity index (χ1v) is 31.3. The third-order valence-electron chi connectivity index (χ3n) is 12.6. The van der Waals surface area contributed by atoms with E-state index in [4.69, 9.17) is 18.5 Å². The zero-order valence-corrected chi connectivity index (χ0v) is 48.7. The predicted molar refractivity (Wildman–Crippen MR) is 309 cm³/mol. The Morgan fingerprint density at radius 1 is 0.438 bits per heavy atom. The van der Waals surface area contributed by atoms with Gasteiger partial charge in [-0.3, -0.25) is 14.2 Å². The second kappa shape index (κ2) is 54.0. The van der Waals surface area contributed by atoms with Crippen molar-refractivity contribution in [2.45, 2.75) is 258 Å². The molecule has 2 unspecified atom stereocenters. The molecule has 0 aliphatic heterocycles. The minimum absolute atomic E-state index is 0.0336. The molecule has 0 spiro atoms. The number of esters is 2. The number of rotatable bonds is 54. The normalized spacial score (nSPS) is 13.9. The largest absolute Gasteiger partial charge is 0.756 e. The van der Waals surface area contributed by atoms with E-state index in [1.54, 1.807) is 0 Å². The average Bonchev–Trinajstić information content (AvgIpc) is 3.35. The van der Waals surface area contributed by atoms with Crippen LogP contribution in [0.5, 0.6) is 0 Å². The van der Waals surface area contributed by atoms with Crippen molar-refractivity contribution in [3.8, 4) is 0 Å². The van der Waals surface area contributed by atoms with E-state index in [9.17, 15) is 19.0 Å². The van der Waals surface area contributed by atoms with Crippen LogP contribution in [-0.4, -0.2) is 70.0 Å². The van der Waals surface area contributed by atoms with Gasteiger partial charge in [-0.05, 0) is 89.9 Å². The minimum Gasteiger partial charge on any atom is -0.756 e. The van der Waals surface area contributed by atoms with Gasteiger partial charge in [0, 0.05) is 12.8 Å². The van der Waals surface area contributed by atoms with Crippen molar-refractivity contribution in [3.05, 3.63) is 85.1 Å². The number of hydrogen-bond acceptors (Lipinski definition) is 8. The fourth-order valence-corrected chi connectivity index (χ4v) is 8.80. The van der Waals surface area contributed by atoms with E-state index in [1.165, 1.54) is 122 Å². The molecule has 9 nitrogen and oxygen atoms in total. The summed E-state index contributed by atoms with van der Waals surface area (Å²) in [7, 11) is 1.16. The first-order valence-electron chi connectivity index (χ1n) is 29.8. The molecule has 0 bridgehead atoms. The van der Waals surface area contributed by atoms with E-state index in [-0.39, 0.29) is 26.1 Å². The smallest absolute Gasteiger partial charge is 0.306 e. The Morgan fingerprint density at radius 3 is 1.18 bits per heavy atom. The molecule has 0 aromatic rings. The lowest BCUT2D eigenvalue weighted by atomic mass is 10.0. The highest BCUT2D eigenvalue weighted by molar-refractivity contribution is 7.45. The third-order valence-corrected chi connectivity index (χ3v) is 13.6. The van der Waals surface area contributed by atoms with Crippen molar-refractivity contribution in [1.29, 1.82) is 0 Å². The molecule has 0 aromatic carbocycles. The van der Waals surface area contributed by atoms with E-state index < -0.39 is 32.5 Å². The second-order valence-electron chi connectivity index (χ2n) is 21.0. The van der Waals surface area contributed by atoms with Crippen molar-refractivity contribution >= 4 is 19.8 Å². The lowest BCUT2D eigenvalue weighted by molar-refractivity contribution is -0.870. The SMILES string of the molecule is CC/C=C\C/C=C\C/C=C\C/C=C\C/C=C\C/C=C\CCCCCCCCCCCCCCCCCCC(=O)OC(COC(=O)CCCCCCC/C=C\CCCCCCC)COP(=O)([O-])OCC[N+](C)(C)C. The lowest BCUT2D eigenvalue weighted by Gasteiger charge is -2.28. The number of phosphoric ester groups is 1. The molecule has 0 fully saturated rings. The minimum atomic E-state index is -4.64. The molecule has 0 heterocycles. The van der Waals surface area contributed by atoms with E-state index in [0.717, 1.165) is 96.3 Å². The molecule has 0 saturated carbocycles. The molecular formula is C63H112NO8P. The zero-order valence-electron chi connectivity index (χ0n) is 47.8. The summed E-state index contributed by atoms with van der Waals surface area (Å²) in [6.45, 7) is 4.11. The standard InChI is InChI=1S/C63H112NO8P/c1-6-8-10-12-14-16-18-20-22-23-24-25-26-27-28-29-30-31-32-33-34-35-36-37-38-39-40-41-42-44-46-48-50-52-54-56-63(66)72-61(60-71-73(67,68)70-58-57-64(3,4)5)59-69-62(65)55-53-51-49-47-45-43-21-19-17-15-13-11-9-7-2/h8,10,14,16,19-22,24-25,27-28,30-31,61H,6-7,9,11-13,15,17-18,23,26,29,32-60H2,1-5H3/b10-8-,16-14-,21-19-,22-20-,25-24-,28-27-,31-30-. The lowest BCUT2D eigenvalue weighted by Crippen LogP contribution is -2.37. The molecule has 0 amide bonds. The van der Waals surface area contributed by atoms with Gasteiger partial charge < -0.3 is 27.9 Å². The topological polar surface area (TPSA) is 111 Å². The number of likely N-dealkylation sites (N-methyl/N-ethyl adjacent to an activating group) is 1. The van der Waals surface area contributed by atoms with Gasteiger partial charge in [0.25, 0.3) is 7.82 Å². The maximum absolute atomic E-state index is 12.8. The molecule has 0 N–H and O–H groups in total. The summed E-state index contributed by atoms with van der Waals surface area (Å²) in [5.41, 5.74) is 0. The van der Waals surface area contributed by atoms with Crippen LogP contribution in [0.2, 0.25) is 0 Å². The maximum atomic E-state index is 12.8. The molecule has 0 radical (unpaired) electrons. The zero-order chi connectivity index (χ0) is 53.5. The van der Waals surface area contributed by atoms with E-state index in [0.29, 0.717) is 17.4 Å². The van der Waals surface area contributed by atoms with Crippen LogP contribution < -0.4 is 4.89 Å². The number of hydrogen-bond donors (Lipinski definition) is 0. The Labute approximate surface area is 450 Å². The van der Waals surface area contributed by atoms with Gasteiger partial charge in [0.1, 0.15) is 19.8 Å². The van der Waals surface area contributed by atoms with Crippen molar-refractivity contribution in [2.75, 3.05) is 47.5 Å². The predicted octanol–water partition coefficient (Wildman–Crippen LogP) is 18.0. The summed E-state index contributed by atoms with van der Waals surface area (Å²) in [6, 6.07) is 0. The van der Waals surface area contributed by atoms with E-state index in [2.05, 4.69) is 98.9 Å². The van der Waals surface area contributed by atoms with Crippen LogP contribution in [0.4, 0.5) is 0 Å². The molecule has 73 heavy (non-hydrogen) atoms. The molecule has 422 valence electrons. The number of ether oxygens (including phenoxy) is 2. The quantitative estimate of drug-likeness (QED) is 0.0195. The monoisotopic (exact) mass is 1040 g/mol. The van der Waals surface area contributed by atoms with Gasteiger partial charge in [0.15, 0.2) is 6.10 Å². The van der Waals surface area contributed by atoms with Crippen LogP contribution in [0.15, 0.2) is 85.1 Å². The molecule has 0 saturated heterocycles. The van der Waals surface area contributed by atoms with Crippen LogP contribution in [0, 0.1) is 0 Å². The van der Waals surface area contributed by atoms with Crippen LogP contribution in [0.3, 0.4) is 0 Å². The van der Waals surface area contributed by atoms with Gasteiger partial charge in [-0.15, -0.1) is 0 Å². The summed E-state index contributed by atoms with van der Waals surface area (Å²) >= 11 is 0. The molecular weight excluding hydrogens is 930 g/mol. The van der Waals surface area contributed by atoms with Gasteiger partial charge in [-0.25, -0.2) is 0 Å². The number of phosphoric acid groups is 1. The highest BCUT2D eigenvalue weighted by Gasteiger charge is 2.22. The summed E-state index contributed by atoms with van der Waals surface area (Å²) in [5, 5.41) is 0. The van der Waals surface area contributed by atoms with Gasteiger partial charge >= 0.3 is 11.9 Å². The average molecular weight is 1040 g/mol. The van der Waals surface area contributed by atoms with Crippen LogP contribution in [0.25, 0.3) is 0 Å². The van der Waals surface area contributed by atoms with Gasteiger partial charge in [-0.1, -0.05) is 234 Å².